The van der Waals surface area contributed by atoms with E-state index < -0.39 is 5.41 Å². The number of fused-ring (bicyclic) bond motifs is 22. The van der Waals surface area contributed by atoms with Gasteiger partial charge < -0.3 is 4.57 Å². The number of pyridine rings is 1. The molecular weight excluding hydrogens is 669 g/mol. The first-order valence-electron chi connectivity index (χ1n) is 17.8. The number of benzene rings is 7. The normalized spacial score (nSPS) is 13.9. The van der Waals surface area contributed by atoms with Gasteiger partial charge in [-0.15, -0.1) is 22.7 Å². The molecule has 0 saturated heterocycles. The smallest absolute Gasteiger partial charge is 0.124 e. The van der Waals surface area contributed by atoms with E-state index >= 15 is 0 Å². The van der Waals surface area contributed by atoms with Crippen LogP contribution < -0.4 is 0 Å². The van der Waals surface area contributed by atoms with Gasteiger partial charge in [0.2, 0.25) is 0 Å². The van der Waals surface area contributed by atoms with Crippen molar-refractivity contribution in [2.75, 3.05) is 0 Å². The molecule has 11 aromatic rings. The minimum absolute atomic E-state index is 0.402. The second kappa shape index (κ2) is 9.62. The Hall–Kier alpha value is -6.07. The van der Waals surface area contributed by atoms with Gasteiger partial charge in [-0.05, 0) is 80.9 Å². The van der Waals surface area contributed by atoms with Gasteiger partial charge in [0, 0.05) is 58.3 Å². The van der Waals surface area contributed by atoms with E-state index in [1.54, 1.807) is 0 Å². The lowest BCUT2D eigenvalue weighted by Gasteiger charge is -2.30. The van der Waals surface area contributed by atoms with E-state index in [9.17, 15) is 0 Å². The number of aromatic nitrogens is 2. The molecule has 4 heterocycles. The molecule has 0 N–H and O–H groups in total. The molecule has 0 atom stereocenters. The monoisotopic (exact) mass is 694 g/mol. The maximum atomic E-state index is 4.93. The molecule has 1 spiro atoms. The van der Waals surface area contributed by atoms with Gasteiger partial charge in [0.25, 0.3) is 0 Å². The largest absolute Gasteiger partial charge is 0.308 e. The summed E-state index contributed by atoms with van der Waals surface area (Å²) in [5.41, 5.74) is 14.0. The Bertz CT molecular complexity index is 3280. The predicted molar refractivity (Wildman–Crippen MR) is 221 cm³/mol. The Morgan fingerprint density at radius 2 is 1.04 bits per heavy atom. The van der Waals surface area contributed by atoms with Crippen LogP contribution in [0, 0.1) is 0 Å². The van der Waals surface area contributed by atoms with E-state index in [2.05, 4.69) is 156 Å². The van der Waals surface area contributed by atoms with Crippen LogP contribution in [0.25, 0.3) is 90.2 Å². The molecule has 0 radical (unpaired) electrons. The second-order valence-corrected chi connectivity index (χ2v) is 16.2. The average Bonchev–Trinajstić information content (AvgIpc) is 3.99. The third kappa shape index (κ3) is 3.13. The molecule has 0 aliphatic heterocycles. The molecular formula is C48H26N2S2. The summed E-state index contributed by atoms with van der Waals surface area (Å²) in [7, 11) is 0. The van der Waals surface area contributed by atoms with Gasteiger partial charge in [0.05, 0.1) is 16.4 Å². The van der Waals surface area contributed by atoms with Crippen molar-refractivity contribution >= 4 is 85.0 Å². The lowest BCUT2D eigenvalue weighted by molar-refractivity contribution is 0.792. The van der Waals surface area contributed by atoms with Crippen LogP contribution in [0.3, 0.4) is 0 Å². The van der Waals surface area contributed by atoms with E-state index in [1.807, 2.05) is 28.9 Å². The molecule has 0 unspecified atom stereocenters. The standard InChI is InChI=1S/C48H26N2S2/c1-6-18-35-28(12-1)29-13-2-7-19-36(29)48(35)37-20-8-3-14-30(37)31-24-23-27(26-38(31)48)50-39-21-9-4-15-32(39)41-44(50)42-34-17-11-25-49-47(34)52-46(42)43-33-16-5-10-22-40(33)51-45(41)43/h1-26H. The first-order chi connectivity index (χ1) is 25.8. The molecule has 2 aliphatic carbocycles. The van der Waals surface area contributed by atoms with Gasteiger partial charge in [-0.3, -0.25) is 0 Å². The maximum absolute atomic E-state index is 4.93. The first kappa shape index (κ1) is 27.6. The van der Waals surface area contributed by atoms with Crippen molar-refractivity contribution < 1.29 is 0 Å². The molecule has 13 rings (SSSR count). The van der Waals surface area contributed by atoms with E-state index in [0.717, 1.165) is 4.83 Å². The molecule has 0 amide bonds. The molecule has 0 fully saturated rings. The summed E-state index contributed by atoms with van der Waals surface area (Å²) in [4.78, 5) is 6.01. The molecule has 0 saturated carbocycles. The van der Waals surface area contributed by atoms with Crippen LogP contribution in [-0.2, 0) is 5.41 Å². The number of hydrogen-bond donors (Lipinski definition) is 0. The summed E-state index contributed by atoms with van der Waals surface area (Å²) >= 11 is 3.76. The molecule has 52 heavy (non-hydrogen) atoms. The van der Waals surface area contributed by atoms with Crippen molar-refractivity contribution in [3.8, 4) is 27.9 Å². The fraction of sp³-hybridized carbons (Fsp3) is 0.0208. The van der Waals surface area contributed by atoms with Crippen LogP contribution >= 0.6 is 22.7 Å². The minimum atomic E-state index is -0.402. The van der Waals surface area contributed by atoms with Gasteiger partial charge in [-0.1, -0.05) is 115 Å². The number of nitrogens with zero attached hydrogens (tertiary/aromatic N) is 2. The summed E-state index contributed by atoms with van der Waals surface area (Å²) < 4.78 is 6.57. The highest BCUT2D eigenvalue weighted by Gasteiger charge is 2.51. The summed E-state index contributed by atoms with van der Waals surface area (Å²) in [5.74, 6) is 0. The Morgan fingerprint density at radius 3 is 1.79 bits per heavy atom. The molecule has 240 valence electrons. The molecule has 4 aromatic heterocycles. The highest BCUT2D eigenvalue weighted by Crippen LogP contribution is 2.63. The lowest BCUT2D eigenvalue weighted by Crippen LogP contribution is -2.26. The topological polar surface area (TPSA) is 17.8 Å². The summed E-state index contributed by atoms with van der Waals surface area (Å²) in [6, 6.07) is 56.8. The van der Waals surface area contributed by atoms with E-state index in [-0.39, 0.29) is 0 Å². The van der Waals surface area contributed by atoms with Crippen LogP contribution in [0.15, 0.2) is 158 Å². The molecule has 2 nitrogen and oxygen atoms in total. The lowest BCUT2D eigenvalue weighted by atomic mass is 9.70. The zero-order chi connectivity index (χ0) is 33.7. The van der Waals surface area contributed by atoms with E-state index in [4.69, 9.17) is 4.98 Å². The minimum Gasteiger partial charge on any atom is -0.308 e. The van der Waals surface area contributed by atoms with E-state index in [0.29, 0.717) is 0 Å². The van der Waals surface area contributed by atoms with Crippen LogP contribution in [0.5, 0.6) is 0 Å². The first-order valence-corrected chi connectivity index (χ1v) is 19.4. The Kier molecular flexibility index (Phi) is 5.11. The van der Waals surface area contributed by atoms with Gasteiger partial charge >= 0.3 is 0 Å². The highest BCUT2D eigenvalue weighted by atomic mass is 32.1. The Labute approximate surface area is 306 Å². The molecule has 7 aromatic carbocycles. The Morgan fingerprint density at radius 1 is 0.462 bits per heavy atom. The second-order valence-electron chi connectivity index (χ2n) is 14.2. The Balaban J connectivity index is 1.23. The van der Waals surface area contributed by atoms with Crippen molar-refractivity contribution in [3.63, 3.8) is 0 Å². The van der Waals surface area contributed by atoms with E-state index in [1.165, 1.54) is 108 Å². The maximum Gasteiger partial charge on any atom is 0.124 e. The summed E-state index contributed by atoms with van der Waals surface area (Å²) in [5, 5.41) is 7.82. The summed E-state index contributed by atoms with van der Waals surface area (Å²) in [6.45, 7) is 0. The van der Waals surface area contributed by atoms with Gasteiger partial charge in [0.15, 0.2) is 0 Å². The van der Waals surface area contributed by atoms with Crippen LogP contribution in [-0.4, -0.2) is 9.55 Å². The number of rotatable bonds is 1. The van der Waals surface area contributed by atoms with Crippen LogP contribution in [0.1, 0.15) is 22.3 Å². The van der Waals surface area contributed by atoms with Crippen molar-refractivity contribution in [2.24, 2.45) is 0 Å². The zero-order valence-corrected chi connectivity index (χ0v) is 29.4. The highest BCUT2D eigenvalue weighted by molar-refractivity contribution is 7.30. The van der Waals surface area contributed by atoms with Gasteiger partial charge in [-0.25, -0.2) is 4.98 Å². The van der Waals surface area contributed by atoms with Crippen molar-refractivity contribution in [1.29, 1.82) is 0 Å². The average molecular weight is 695 g/mol. The summed E-state index contributed by atoms with van der Waals surface area (Å²) in [6.07, 6.45) is 1.93. The van der Waals surface area contributed by atoms with Gasteiger partial charge in [0.1, 0.15) is 4.83 Å². The van der Waals surface area contributed by atoms with Crippen LogP contribution in [0.4, 0.5) is 0 Å². The van der Waals surface area contributed by atoms with Gasteiger partial charge in [-0.2, -0.15) is 0 Å². The van der Waals surface area contributed by atoms with Crippen molar-refractivity contribution in [1.82, 2.24) is 9.55 Å². The fourth-order valence-corrected chi connectivity index (χ4v) is 12.5. The fourth-order valence-electron chi connectivity index (χ4n) is 9.99. The molecule has 0 bridgehead atoms. The van der Waals surface area contributed by atoms with Crippen molar-refractivity contribution in [3.05, 3.63) is 180 Å². The predicted octanol–water partition coefficient (Wildman–Crippen LogP) is 13.3. The number of para-hydroxylation sites is 1. The number of hydrogen-bond acceptors (Lipinski definition) is 3. The zero-order valence-electron chi connectivity index (χ0n) is 27.7. The van der Waals surface area contributed by atoms with Crippen LogP contribution in [0.2, 0.25) is 0 Å². The molecule has 4 heteroatoms. The third-order valence-electron chi connectivity index (χ3n) is 11.9. The molecule has 2 aliphatic rings. The SMILES string of the molecule is c1ccc2c(c1)-c1ccccc1C21c2ccccc2-c2ccc(-n3c4ccccc4c4c5sc6ccccc6c5c5sc6ncccc6c5c43)cc21. The number of thiophene rings is 2. The quantitative estimate of drug-likeness (QED) is 0.167. The van der Waals surface area contributed by atoms with Crippen molar-refractivity contribution in [2.45, 2.75) is 5.41 Å². The third-order valence-corrected chi connectivity index (χ3v) is 14.2.